The number of aryl methyl sites for hydroxylation is 1. The average molecular weight is 539 g/mol. The molecule has 2 aromatic carbocycles. The highest BCUT2D eigenvalue weighted by atomic mass is 32.2. The van der Waals surface area contributed by atoms with Gasteiger partial charge in [0.15, 0.2) is 0 Å². The Morgan fingerprint density at radius 2 is 1.82 bits per heavy atom. The van der Waals surface area contributed by atoms with E-state index in [1.54, 1.807) is 52.1 Å². The Morgan fingerprint density at radius 3 is 2.45 bits per heavy atom. The Morgan fingerprint density at radius 1 is 1.11 bits per heavy atom. The van der Waals surface area contributed by atoms with Crippen LogP contribution in [0.3, 0.4) is 0 Å². The number of ether oxygens (including phenoxy) is 1. The largest absolute Gasteiger partial charge is 0.496 e. The first kappa shape index (κ1) is 29.1. The fraction of sp³-hybridized carbons (Fsp3) is 0.379. The van der Waals surface area contributed by atoms with Gasteiger partial charge in [-0.1, -0.05) is 24.3 Å². The van der Waals surface area contributed by atoms with E-state index in [1.807, 2.05) is 17.0 Å². The Labute approximate surface area is 226 Å². The van der Waals surface area contributed by atoms with Gasteiger partial charge in [-0.05, 0) is 70.0 Å². The number of benzene rings is 2. The summed E-state index contributed by atoms with van der Waals surface area (Å²) in [7, 11) is -2.22. The maximum Gasteiger partial charge on any atom is 0.263 e. The normalized spacial score (nSPS) is 14.7. The summed E-state index contributed by atoms with van der Waals surface area (Å²) in [6, 6.07) is 12.7. The first-order valence-electron chi connectivity index (χ1n) is 12.7. The molecule has 0 radical (unpaired) electrons. The minimum absolute atomic E-state index is 0.0667. The molecule has 1 saturated heterocycles. The lowest BCUT2D eigenvalue weighted by molar-refractivity contribution is 0.0761. The third-order valence-corrected chi connectivity index (χ3v) is 7.76. The van der Waals surface area contributed by atoms with Crippen molar-refractivity contribution in [2.45, 2.75) is 40.7 Å². The van der Waals surface area contributed by atoms with Crippen LogP contribution in [0.2, 0.25) is 0 Å². The molecule has 0 atom stereocenters. The molecule has 1 aliphatic rings. The lowest BCUT2D eigenvalue weighted by atomic mass is 10.1. The molecule has 1 heterocycles. The summed E-state index contributed by atoms with van der Waals surface area (Å²) in [5, 5.41) is 0. The van der Waals surface area contributed by atoms with E-state index in [9.17, 15) is 13.2 Å². The topological polar surface area (TPSA) is 91.3 Å². The first-order chi connectivity index (χ1) is 18.1. The summed E-state index contributed by atoms with van der Waals surface area (Å²) in [6.07, 6.45) is 2.40. The maximum absolute atomic E-state index is 13.2. The first-order valence-corrected chi connectivity index (χ1v) is 14.2. The number of methoxy groups -OCH3 is 1. The number of nitrogens with one attached hydrogen (secondary N) is 1. The molecule has 0 spiro atoms. The molecule has 0 unspecified atom stereocenters. The van der Waals surface area contributed by atoms with Crippen LogP contribution in [0.1, 0.15) is 48.7 Å². The second kappa shape index (κ2) is 12.9. The number of allylic oxidation sites excluding steroid dienone is 1. The van der Waals surface area contributed by atoms with Crippen molar-refractivity contribution in [1.29, 1.82) is 0 Å². The van der Waals surface area contributed by atoms with Crippen molar-refractivity contribution in [2.75, 3.05) is 38.0 Å². The van der Waals surface area contributed by atoms with Crippen molar-refractivity contribution in [3.8, 4) is 5.75 Å². The van der Waals surface area contributed by atoms with Crippen LogP contribution in [-0.4, -0.2) is 63.6 Å². The molecule has 2 aromatic rings. The van der Waals surface area contributed by atoms with Crippen LogP contribution >= 0.6 is 0 Å². The predicted molar refractivity (Wildman–Crippen MR) is 154 cm³/mol. The number of rotatable bonds is 9. The van der Waals surface area contributed by atoms with E-state index in [4.69, 9.17) is 4.74 Å². The van der Waals surface area contributed by atoms with E-state index < -0.39 is 10.0 Å². The number of amides is 1. The Balaban J connectivity index is 1.64. The Bertz CT molecular complexity index is 1330. The second-order valence-electron chi connectivity index (χ2n) is 9.58. The summed E-state index contributed by atoms with van der Waals surface area (Å²) in [4.78, 5) is 21.5. The molecule has 9 heteroatoms. The van der Waals surface area contributed by atoms with E-state index in [-0.39, 0.29) is 10.8 Å². The molecular weight excluding hydrogens is 500 g/mol. The maximum atomic E-state index is 13.2. The summed E-state index contributed by atoms with van der Waals surface area (Å²) >= 11 is 0. The third kappa shape index (κ3) is 7.33. The smallest absolute Gasteiger partial charge is 0.263 e. The number of nitrogens with zero attached hydrogens (tertiary/aromatic N) is 3. The number of hydrogen-bond acceptors (Lipinski definition) is 6. The molecular formula is C29H38N4O4S. The SMILES string of the molecule is C=C(C(/N=C\C)=C(C)C)S(=O)(=O)Nc1ccc(C(=O)N2CCCN(Cc3cc(C)ccc3OC)CC2)cc1. The molecule has 38 heavy (non-hydrogen) atoms. The Kier molecular flexibility index (Phi) is 9.88. The summed E-state index contributed by atoms with van der Waals surface area (Å²) < 4.78 is 33.7. The van der Waals surface area contributed by atoms with Crippen LogP contribution in [0.25, 0.3) is 0 Å². The highest BCUT2D eigenvalue weighted by molar-refractivity contribution is 7.96. The number of anilines is 1. The van der Waals surface area contributed by atoms with Gasteiger partial charge in [-0.15, -0.1) is 0 Å². The standard InChI is InChI=1S/C29H38N4O4S/c1-7-30-28(21(2)3)23(5)38(35,36)31-26-12-10-24(11-13-26)29(34)33-16-8-15-32(17-18-33)20-25-19-22(4)9-14-27(25)37-6/h7,9-14,19,31H,5,8,15-18,20H2,1-4,6H3/b30-7-. The van der Waals surface area contributed by atoms with Crippen molar-refractivity contribution in [3.05, 3.63) is 81.9 Å². The van der Waals surface area contributed by atoms with Crippen molar-refractivity contribution in [1.82, 2.24) is 9.80 Å². The highest BCUT2D eigenvalue weighted by Gasteiger charge is 2.23. The van der Waals surface area contributed by atoms with Gasteiger partial charge in [-0.2, -0.15) is 0 Å². The predicted octanol–water partition coefficient (Wildman–Crippen LogP) is 4.99. The van der Waals surface area contributed by atoms with E-state index in [0.717, 1.165) is 42.9 Å². The van der Waals surface area contributed by atoms with Gasteiger partial charge in [0, 0.05) is 55.8 Å². The van der Waals surface area contributed by atoms with Crippen LogP contribution in [0.5, 0.6) is 5.75 Å². The summed E-state index contributed by atoms with van der Waals surface area (Å²) in [6.45, 7) is 14.8. The average Bonchev–Trinajstić information content (AvgIpc) is 3.12. The molecule has 204 valence electrons. The summed E-state index contributed by atoms with van der Waals surface area (Å²) in [5.41, 5.74) is 4.27. The van der Waals surface area contributed by atoms with Gasteiger partial charge in [0.05, 0.1) is 12.8 Å². The van der Waals surface area contributed by atoms with Crippen LogP contribution < -0.4 is 9.46 Å². The molecule has 1 aliphatic heterocycles. The molecule has 0 saturated carbocycles. The number of hydrogen-bond donors (Lipinski definition) is 1. The van der Waals surface area contributed by atoms with E-state index in [2.05, 4.69) is 34.2 Å². The molecule has 3 rings (SSSR count). The number of sulfonamides is 1. The monoisotopic (exact) mass is 538 g/mol. The van der Waals surface area contributed by atoms with Gasteiger partial charge < -0.3 is 9.64 Å². The fourth-order valence-electron chi connectivity index (χ4n) is 4.42. The van der Waals surface area contributed by atoms with Gasteiger partial charge >= 0.3 is 0 Å². The van der Waals surface area contributed by atoms with Crippen molar-refractivity contribution < 1.29 is 17.9 Å². The third-order valence-electron chi connectivity index (χ3n) is 6.41. The van der Waals surface area contributed by atoms with Crippen LogP contribution in [-0.2, 0) is 16.6 Å². The number of carbonyl (C=O) groups is 1. The zero-order valence-corrected chi connectivity index (χ0v) is 23.8. The number of aliphatic imine (C=N–C) groups is 1. The molecule has 0 bridgehead atoms. The van der Waals surface area contributed by atoms with Crippen LogP contribution in [0.15, 0.2) is 70.2 Å². The minimum Gasteiger partial charge on any atom is -0.496 e. The fourth-order valence-corrected chi connectivity index (χ4v) is 5.50. The van der Waals surface area contributed by atoms with Gasteiger partial charge in [0.2, 0.25) is 0 Å². The second-order valence-corrected chi connectivity index (χ2v) is 11.3. The van der Waals surface area contributed by atoms with Crippen molar-refractivity contribution >= 4 is 27.8 Å². The van der Waals surface area contributed by atoms with Gasteiger partial charge in [0.1, 0.15) is 10.7 Å². The lowest BCUT2D eigenvalue weighted by Crippen LogP contribution is -2.35. The summed E-state index contributed by atoms with van der Waals surface area (Å²) in [5.74, 6) is 0.810. The zero-order chi connectivity index (χ0) is 27.9. The molecule has 0 aromatic heterocycles. The van der Waals surface area contributed by atoms with Gasteiger partial charge in [-0.25, -0.2) is 8.42 Å². The van der Waals surface area contributed by atoms with Crippen LogP contribution in [0.4, 0.5) is 5.69 Å². The molecule has 1 N–H and O–H groups in total. The number of carbonyl (C=O) groups excluding carboxylic acids is 1. The van der Waals surface area contributed by atoms with E-state index in [1.165, 1.54) is 11.8 Å². The lowest BCUT2D eigenvalue weighted by Gasteiger charge is -2.23. The van der Waals surface area contributed by atoms with Crippen LogP contribution in [0, 0.1) is 6.92 Å². The van der Waals surface area contributed by atoms with E-state index >= 15 is 0 Å². The zero-order valence-electron chi connectivity index (χ0n) is 23.0. The molecule has 1 fully saturated rings. The van der Waals surface area contributed by atoms with Gasteiger partial charge in [-0.3, -0.25) is 19.4 Å². The van der Waals surface area contributed by atoms with Gasteiger partial charge in [0.25, 0.3) is 15.9 Å². The molecule has 0 aliphatic carbocycles. The van der Waals surface area contributed by atoms with Crippen molar-refractivity contribution in [2.24, 2.45) is 4.99 Å². The molecule has 1 amide bonds. The Hall–Kier alpha value is -3.43. The quantitative estimate of drug-likeness (QED) is 0.359. The van der Waals surface area contributed by atoms with Crippen molar-refractivity contribution in [3.63, 3.8) is 0 Å². The minimum atomic E-state index is -3.90. The van der Waals surface area contributed by atoms with E-state index in [0.29, 0.717) is 30.0 Å². The molecule has 8 nitrogen and oxygen atoms in total. The highest BCUT2D eigenvalue weighted by Crippen LogP contribution is 2.24.